The number of aromatic nitrogens is 4. The van der Waals surface area contributed by atoms with Crippen LogP contribution in [0.3, 0.4) is 0 Å². The summed E-state index contributed by atoms with van der Waals surface area (Å²) in [5, 5.41) is 4.97. The minimum absolute atomic E-state index is 0.0173. The minimum atomic E-state index is -0.605. The molecule has 5 rings (SSSR count). The van der Waals surface area contributed by atoms with Crippen LogP contribution in [0.5, 0.6) is 0 Å². The van der Waals surface area contributed by atoms with Gasteiger partial charge in [-0.2, -0.15) is 5.10 Å². The second-order valence-electron chi connectivity index (χ2n) is 7.66. The smallest absolute Gasteiger partial charge is 0.147 e. The summed E-state index contributed by atoms with van der Waals surface area (Å²) >= 11 is 1.18. The van der Waals surface area contributed by atoms with Crippen molar-refractivity contribution in [2.45, 2.75) is 35.3 Å². The van der Waals surface area contributed by atoms with Gasteiger partial charge in [0.1, 0.15) is 22.5 Å². The summed E-state index contributed by atoms with van der Waals surface area (Å²) in [4.78, 5) is 11.6. The molecule has 0 bridgehead atoms. The van der Waals surface area contributed by atoms with Gasteiger partial charge in [-0.05, 0) is 31.0 Å². The molecule has 9 heteroatoms. The molecule has 29 heavy (non-hydrogen) atoms. The largest absolute Gasteiger partial charge is 0.355 e. The van der Waals surface area contributed by atoms with Crippen molar-refractivity contribution in [2.75, 3.05) is 18.0 Å². The molecular weight excluding hydrogens is 394 g/mol. The maximum atomic E-state index is 13.3. The van der Waals surface area contributed by atoms with E-state index in [4.69, 9.17) is 5.73 Å². The highest BCUT2D eigenvalue weighted by atomic mass is 32.2. The summed E-state index contributed by atoms with van der Waals surface area (Å²) in [5.41, 5.74) is 7.71. The fourth-order valence-corrected chi connectivity index (χ4v) is 5.13. The lowest BCUT2D eigenvalue weighted by Crippen LogP contribution is -2.45. The van der Waals surface area contributed by atoms with Crippen molar-refractivity contribution in [3.05, 3.63) is 60.2 Å². The molecule has 2 aromatic heterocycles. The zero-order chi connectivity index (χ0) is 20.0. The van der Waals surface area contributed by atoms with Gasteiger partial charge < -0.3 is 10.6 Å². The van der Waals surface area contributed by atoms with E-state index >= 15 is 0 Å². The third kappa shape index (κ3) is 3.38. The Hall–Kier alpha value is -2.52. The minimum Gasteiger partial charge on any atom is -0.355 e. The molecule has 1 aromatic carbocycles. The average molecular weight is 414 g/mol. The van der Waals surface area contributed by atoms with Crippen molar-refractivity contribution in [3.8, 4) is 0 Å². The Morgan fingerprint density at radius 1 is 1.07 bits per heavy atom. The van der Waals surface area contributed by atoms with Crippen LogP contribution < -0.4 is 10.6 Å². The monoisotopic (exact) mass is 414 g/mol. The summed E-state index contributed by atoms with van der Waals surface area (Å²) in [6, 6.07) is 5.44. The molecule has 2 N–H and O–H groups in total. The molecule has 2 aliphatic heterocycles. The van der Waals surface area contributed by atoms with Gasteiger partial charge >= 0.3 is 0 Å². The van der Waals surface area contributed by atoms with Crippen molar-refractivity contribution in [2.24, 2.45) is 11.1 Å². The van der Waals surface area contributed by atoms with Gasteiger partial charge in [0, 0.05) is 42.2 Å². The highest BCUT2D eigenvalue weighted by molar-refractivity contribution is 7.99. The highest BCUT2D eigenvalue weighted by Crippen LogP contribution is 2.47. The van der Waals surface area contributed by atoms with Crippen LogP contribution in [0.15, 0.2) is 52.8 Å². The average Bonchev–Trinajstić information content (AvgIpc) is 3.24. The number of halogens is 2. The fraction of sp³-hybridized carbons (Fsp3) is 0.350. The van der Waals surface area contributed by atoms with Crippen LogP contribution in [-0.2, 0) is 6.54 Å². The number of anilines is 1. The maximum Gasteiger partial charge on any atom is 0.147 e. The standard InChI is InChI=1S/C20H20F2N6S/c21-13-7-14(22)9-15(8-13)29-18-11-24-17(10-25-18)27-5-2-20(3-6-27)12-28-16(19(20)23)1-4-26-28/h1,4,7-11,19H,2-3,5-6,12,23H2/t19-/m1/s1. The van der Waals surface area contributed by atoms with Crippen molar-refractivity contribution >= 4 is 17.6 Å². The fourth-order valence-electron chi connectivity index (χ4n) is 4.33. The van der Waals surface area contributed by atoms with E-state index in [9.17, 15) is 8.78 Å². The van der Waals surface area contributed by atoms with E-state index in [1.54, 1.807) is 12.4 Å². The molecule has 4 heterocycles. The Morgan fingerprint density at radius 3 is 2.48 bits per heavy atom. The molecule has 2 aliphatic rings. The summed E-state index contributed by atoms with van der Waals surface area (Å²) in [7, 11) is 0. The number of hydrogen-bond donors (Lipinski definition) is 1. The number of hydrogen-bond acceptors (Lipinski definition) is 6. The lowest BCUT2D eigenvalue weighted by molar-refractivity contribution is 0.170. The summed E-state index contributed by atoms with van der Waals surface area (Å²) < 4.78 is 28.7. The molecule has 1 spiro atoms. The van der Waals surface area contributed by atoms with Gasteiger partial charge in [-0.3, -0.25) is 4.68 Å². The summed E-state index contributed by atoms with van der Waals surface area (Å²) in [5.74, 6) is -0.406. The molecule has 150 valence electrons. The van der Waals surface area contributed by atoms with Crippen molar-refractivity contribution in [3.63, 3.8) is 0 Å². The van der Waals surface area contributed by atoms with Crippen molar-refractivity contribution in [1.29, 1.82) is 0 Å². The number of nitrogens with zero attached hydrogens (tertiary/aromatic N) is 5. The second kappa shape index (κ2) is 7.07. The number of fused-ring (bicyclic) bond motifs is 1. The molecule has 0 amide bonds. The first-order chi connectivity index (χ1) is 14.0. The van der Waals surface area contributed by atoms with Gasteiger partial charge in [0.05, 0.1) is 24.1 Å². The third-order valence-corrected chi connectivity index (χ3v) is 6.84. The van der Waals surface area contributed by atoms with Gasteiger partial charge in [-0.25, -0.2) is 18.7 Å². The van der Waals surface area contributed by atoms with Gasteiger partial charge in [0.15, 0.2) is 0 Å². The zero-order valence-corrected chi connectivity index (χ0v) is 16.4. The Kier molecular flexibility index (Phi) is 4.51. The van der Waals surface area contributed by atoms with Crippen LogP contribution in [0, 0.1) is 17.0 Å². The van der Waals surface area contributed by atoms with E-state index in [0.717, 1.165) is 50.1 Å². The number of rotatable bonds is 3. The zero-order valence-electron chi connectivity index (χ0n) is 15.6. The number of benzene rings is 1. The molecular formula is C20H20F2N6S. The van der Waals surface area contributed by atoms with Crippen LogP contribution in [0.4, 0.5) is 14.6 Å². The topological polar surface area (TPSA) is 72.9 Å². The molecule has 1 saturated heterocycles. The predicted octanol–water partition coefficient (Wildman–Crippen LogP) is 3.40. The Bertz CT molecular complexity index is 1010. The van der Waals surface area contributed by atoms with E-state index in [1.165, 1.54) is 23.9 Å². The highest BCUT2D eigenvalue weighted by Gasteiger charge is 2.46. The lowest BCUT2D eigenvalue weighted by atomic mass is 9.73. The van der Waals surface area contributed by atoms with Gasteiger partial charge in [-0.1, -0.05) is 11.8 Å². The van der Waals surface area contributed by atoms with E-state index in [0.29, 0.717) is 9.92 Å². The summed E-state index contributed by atoms with van der Waals surface area (Å²) in [6.07, 6.45) is 7.11. The molecule has 0 aliphatic carbocycles. The van der Waals surface area contributed by atoms with Crippen LogP contribution >= 0.6 is 11.8 Å². The maximum absolute atomic E-state index is 13.3. The van der Waals surface area contributed by atoms with Gasteiger partial charge in [0.2, 0.25) is 0 Å². The van der Waals surface area contributed by atoms with Gasteiger partial charge in [0.25, 0.3) is 0 Å². The normalized spacial score (nSPS) is 20.2. The van der Waals surface area contributed by atoms with Crippen LogP contribution in [0.25, 0.3) is 0 Å². The molecule has 3 aromatic rings. The Balaban J connectivity index is 1.24. The van der Waals surface area contributed by atoms with Crippen molar-refractivity contribution in [1.82, 2.24) is 19.7 Å². The third-order valence-electron chi connectivity index (χ3n) is 5.95. The van der Waals surface area contributed by atoms with E-state index in [2.05, 4.69) is 20.0 Å². The van der Waals surface area contributed by atoms with Crippen LogP contribution in [-0.4, -0.2) is 32.8 Å². The molecule has 6 nitrogen and oxygen atoms in total. The quantitative estimate of drug-likeness (QED) is 0.708. The first-order valence-electron chi connectivity index (χ1n) is 9.51. The molecule has 1 atom stereocenters. The number of piperidine rings is 1. The first-order valence-corrected chi connectivity index (χ1v) is 10.3. The Morgan fingerprint density at radius 2 is 1.83 bits per heavy atom. The second-order valence-corrected chi connectivity index (χ2v) is 8.75. The Labute approximate surface area is 171 Å². The molecule has 1 fully saturated rings. The number of nitrogens with two attached hydrogens (primary N) is 1. The lowest BCUT2D eigenvalue weighted by Gasteiger charge is -2.41. The molecule has 0 saturated carbocycles. The molecule has 0 unspecified atom stereocenters. The SMILES string of the molecule is N[C@@H]1c2ccnn2CC12CCN(c1cnc(Sc3cc(F)cc(F)c3)cn1)CC2. The summed E-state index contributed by atoms with van der Waals surface area (Å²) in [6.45, 7) is 2.58. The first kappa shape index (κ1) is 18.5. The van der Waals surface area contributed by atoms with E-state index in [1.807, 2.05) is 16.9 Å². The van der Waals surface area contributed by atoms with Crippen molar-refractivity contribution < 1.29 is 8.78 Å². The van der Waals surface area contributed by atoms with E-state index in [-0.39, 0.29) is 11.5 Å². The van der Waals surface area contributed by atoms with E-state index < -0.39 is 11.6 Å². The van der Waals surface area contributed by atoms with Gasteiger partial charge in [-0.15, -0.1) is 0 Å². The molecule has 0 radical (unpaired) electrons. The van der Waals surface area contributed by atoms with Crippen LogP contribution in [0.2, 0.25) is 0 Å². The van der Waals surface area contributed by atoms with Crippen LogP contribution in [0.1, 0.15) is 24.6 Å². The predicted molar refractivity (Wildman–Crippen MR) is 106 cm³/mol.